The summed E-state index contributed by atoms with van der Waals surface area (Å²) in [5, 5.41) is 13.0. The number of nitrogens with zero attached hydrogens (tertiary/aromatic N) is 1. The van der Waals surface area contributed by atoms with Gasteiger partial charge in [-0.05, 0) is 59.9 Å². The van der Waals surface area contributed by atoms with Gasteiger partial charge in [0.05, 0.1) is 11.9 Å². The summed E-state index contributed by atoms with van der Waals surface area (Å²) in [5.74, 6) is 0. The highest BCUT2D eigenvalue weighted by Crippen LogP contribution is 2.41. The van der Waals surface area contributed by atoms with Gasteiger partial charge in [-0.1, -0.05) is 29.0 Å². The van der Waals surface area contributed by atoms with Crippen LogP contribution in [-0.2, 0) is 11.3 Å². The van der Waals surface area contributed by atoms with Crippen molar-refractivity contribution in [1.82, 2.24) is 4.98 Å². The molecule has 1 fully saturated rings. The average Bonchev–Trinajstić information content (AvgIpc) is 3.08. The second-order valence-electron chi connectivity index (χ2n) is 5.74. The normalized spacial score (nSPS) is 19.6. The summed E-state index contributed by atoms with van der Waals surface area (Å²) in [6.45, 7) is -0.0142. The van der Waals surface area contributed by atoms with Crippen LogP contribution >= 0.6 is 21.6 Å². The molecular weight excluding hydrogens is 356 g/mol. The van der Waals surface area contributed by atoms with E-state index in [4.69, 9.17) is 9.84 Å². The zero-order valence-corrected chi connectivity index (χ0v) is 15.3. The van der Waals surface area contributed by atoms with Crippen molar-refractivity contribution in [3.63, 3.8) is 0 Å². The van der Waals surface area contributed by atoms with E-state index >= 15 is 0 Å². The number of aromatic nitrogens is 1. The maximum absolute atomic E-state index is 12.1. The van der Waals surface area contributed by atoms with Crippen molar-refractivity contribution in [1.29, 1.82) is 0 Å². The van der Waals surface area contributed by atoms with Crippen LogP contribution in [0.2, 0.25) is 0 Å². The Balaban J connectivity index is 1.49. The van der Waals surface area contributed by atoms with Crippen LogP contribution in [0, 0.1) is 0 Å². The summed E-state index contributed by atoms with van der Waals surface area (Å²) in [5.41, 5.74) is 1.46. The summed E-state index contributed by atoms with van der Waals surface area (Å²) >= 11 is 0. The molecule has 1 aromatic heterocycles. The van der Waals surface area contributed by atoms with Crippen LogP contribution in [0.3, 0.4) is 0 Å². The van der Waals surface area contributed by atoms with Gasteiger partial charge in [0.2, 0.25) is 0 Å². The van der Waals surface area contributed by atoms with E-state index in [0.717, 1.165) is 29.9 Å². The van der Waals surface area contributed by atoms with E-state index in [1.165, 1.54) is 0 Å². The number of rotatable bonds is 6. The van der Waals surface area contributed by atoms with Crippen LogP contribution < -0.4 is 5.32 Å². The van der Waals surface area contributed by atoms with Crippen molar-refractivity contribution < 1.29 is 14.6 Å². The standard InChI is InChI=1S/C18H20N2O3S2/c21-12-13-7-9-14(10-8-13)20-18(22)23-15-4-3-5-16(15)24-25-17-6-1-2-11-19-17/h1-2,6-11,15-16,21H,3-5,12H2,(H,20,22)/t15-,16-/m0/s1. The minimum absolute atomic E-state index is 0.0142. The molecule has 1 aromatic carbocycles. The molecule has 0 saturated heterocycles. The molecule has 7 heteroatoms. The number of ether oxygens (including phenoxy) is 1. The second-order valence-corrected chi connectivity index (χ2v) is 8.20. The number of aliphatic hydroxyl groups is 1. The molecule has 2 aromatic rings. The fourth-order valence-corrected chi connectivity index (χ4v) is 5.28. The van der Waals surface area contributed by atoms with E-state index in [-0.39, 0.29) is 18.0 Å². The second kappa shape index (κ2) is 9.12. The van der Waals surface area contributed by atoms with Crippen LogP contribution in [-0.4, -0.2) is 27.5 Å². The smallest absolute Gasteiger partial charge is 0.411 e. The lowest BCUT2D eigenvalue weighted by Crippen LogP contribution is -2.26. The molecular formula is C18H20N2O3S2. The van der Waals surface area contributed by atoms with Crippen LogP contribution in [0.1, 0.15) is 24.8 Å². The van der Waals surface area contributed by atoms with Gasteiger partial charge in [0.15, 0.2) is 0 Å². The minimum atomic E-state index is -0.433. The van der Waals surface area contributed by atoms with Gasteiger partial charge in [0, 0.05) is 11.9 Å². The van der Waals surface area contributed by atoms with Crippen molar-refractivity contribution in [2.75, 3.05) is 5.32 Å². The predicted molar refractivity (Wildman–Crippen MR) is 102 cm³/mol. The molecule has 1 amide bonds. The molecule has 5 nitrogen and oxygen atoms in total. The molecule has 3 rings (SSSR count). The quantitative estimate of drug-likeness (QED) is 0.724. The first kappa shape index (κ1) is 18.1. The third kappa shape index (κ3) is 5.39. The summed E-state index contributed by atoms with van der Waals surface area (Å²) < 4.78 is 5.62. The van der Waals surface area contributed by atoms with Crippen molar-refractivity contribution in [2.45, 2.75) is 42.2 Å². The number of anilines is 1. The molecule has 1 saturated carbocycles. The number of benzene rings is 1. The molecule has 1 aliphatic carbocycles. The van der Waals surface area contributed by atoms with Gasteiger partial charge in [-0.15, -0.1) is 0 Å². The van der Waals surface area contributed by atoms with Crippen molar-refractivity contribution in [2.24, 2.45) is 0 Å². The monoisotopic (exact) mass is 376 g/mol. The van der Waals surface area contributed by atoms with E-state index in [1.807, 2.05) is 18.2 Å². The molecule has 1 aliphatic rings. The number of pyridine rings is 1. The molecule has 2 N–H and O–H groups in total. The first-order valence-electron chi connectivity index (χ1n) is 8.16. The number of carbonyl (C=O) groups excluding carboxylic acids is 1. The third-order valence-corrected chi connectivity index (χ3v) is 6.77. The Hall–Kier alpha value is -1.70. The zero-order valence-electron chi connectivity index (χ0n) is 13.6. The minimum Gasteiger partial charge on any atom is -0.445 e. The number of nitrogens with one attached hydrogen (secondary N) is 1. The van der Waals surface area contributed by atoms with E-state index in [1.54, 1.807) is 52.1 Å². The maximum Gasteiger partial charge on any atom is 0.411 e. The molecule has 0 bridgehead atoms. The van der Waals surface area contributed by atoms with Crippen LogP contribution in [0.25, 0.3) is 0 Å². The van der Waals surface area contributed by atoms with Gasteiger partial charge in [0.1, 0.15) is 11.1 Å². The highest BCUT2D eigenvalue weighted by molar-refractivity contribution is 8.76. The summed E-state index contributed by atoms with van der Waals surface area (Å²) in [6.07, 6.45) is 4.24. The number of carbonyl (C=O) groups is 1. The largest absolute Gasteiger partial charge is 0.445 e. The third-order valence-electron chi connectivity index (χ3n) is 3.93. The van der Waals surface area contributed by atoms with Crippen LogP contribution in [0.5, 0.6) is 0 Å². The Bertz CT molecular complexity index is 682. The van der Waals surface area contributed by atoms with Crippen molar-refractivity contribution in [3.05, 3.63) is 54.2 Å². The Morgan fingerprint density at radius 2 is 2.08 bits per heavy atom. The lowest BCUT2D eigenvalue weighted by atomic mass is 10.2. The zero-order chi connectivity index (χ0) is 17.5. The Morgan fingerprint density at radius 3 is 2.80 bits per heavy atom. The van der Waals surface area contributed by atoms with Crippen molar-refractivity contribution >= 4 is 33.4 Å². The lowest BCUT2D eigenvalue weighted by Gasteiger charge is -2.19. The first-order chi connectivity index (χ1) is 12.2. The molecule has 0 unspecified atom stereocenters. The van der Waals surface area contributed by atoms with Crippen molar-refractivity contribution in [3.8, 4) is 0 Å². The number of hydrogen-bond acceptors (Lipinski definition) is 6. The molecule has 25 heavy (non-hydrogen) atoms. The predicted octanol–water partition coefficient (Wildman–Crippen LogP) is 4.48. The van der Waals surface area contributed by atoms with E-state index in [0.29, 0.717) is 5.69 Å². The molecule has 0 aliphatic heterocycles. The average molecular weight is 377 g/mol. The molecule has 1 heterocycles. The summed E-state index contributed by atoms with van der Waals surface area (Å²) in [6, 6.07) is 12.9. The summed E-state index contributed by atoms with van der Waals surface area (Å²) in [4.78, 5) is 16.4. The van der Waals surface area contributed by atoms with Crippen LogP contribution in [0.4, 0.5) is 10.5 Å². The maximum atomic E-state index is 12.1. The SMILES string of the molecule is O=C(Nc1ccc(CO)cc1)O[C@H]1CCC[C@@H]1SSc1ccccn1. The molecule has 0 spiro atoms. The molecule has 2 atom stereocenters. The Morgan fingerprint density at radius 1 is 1.24 bits per heavy atom. The van der Waals surface area contributed by atoms with E-state index in [9.17, 15) is 4.79 Å². The highest BCUT2D eigenvalue weighted by atomic mass is 33.1. The topological polar surface area (TPSA) is 71.5 Å². The summed E-state index contributed by atoms with van der Waals surface area (Å²) in [7, 11) is 3.35. The first-order valence-corrected chi connectivity index (χ1v) is 10.4. The van der Waals surface area contributed by atoms with Gasteiger partial charge in [-0.3, -0.25) is 5.32 Å². The number of amides is 1. The van der Waals surface area contributed by atoms with Gasteiger partial charge in [-0.25, -0.2) is 9.78 Å². The highest BCUT2D eigenvalue weighted by Gasteiger charge is 2.31. The molecule has 132 valence electrons. The van der Waals surface area contributed by atoms with Gasteiger partial charge in [0.25, 0.3) is 0 Å². The number of aliphatic hydroxyl groups excluding tert-OH is 1. The fourth-order valence-electron chi connectivity index (χ4n) is 2.62. The van der Waals surface area contributed by atoms with E-state index in [2.05, 4.69) is 10.3 Å². The van der Waals surface area contributed by atoms with Gasteiger partial charge in [-0.2, -0.15) is 0 Å². The lowest BCUT2D eigenvalue weighted by molar-refractivity contribution is 0.117. The van der Waals surface area contributed by atoms with Crippen LogP contribution in [0.15, 0.2) is 53.7 Å². The van der Waals surface area contributed by atoms with E-state index < -0.39 is 6.09 Å². The molecule has 0 radical (unpaired) electrons. The fraction of sp³-hybridized carbons (Fsp3) is 0.333. The van der Waals surface area contributed by atoms with Gasteiger partial charge < -0.3 is 9.84 Å². The van der Waals surface area contributed by atoms with Gasteiger partial charge >= 0.3 is 6.09 Å². The Kier molecular flexibility index (Phi) is 6.61. The number of hydrogen-bond donors (Lipinski definition) is 2. The Labute approximate surface area is 155 Å².